The number of nitrogens with one attached hydrogen (secondary N) is 1. The highest BCUT2D eigenvalue weighted by Gasteiger charge is 2.16. The molecule has 1 rings (SSSR count). The molecule has 0 aromatic heterocycles. The number of aliphatic hydroxyl groups excluding tert-OH is 1. The molecular formula is C10H13NO3. The third kappa shape index (κ3) is 2.74. The Morgan fingerprint density at radius 2 is 2.14 bits per heavy atom. The summed E-state index contributed by atoms with van der Waals surface area (Å²) in [6, 6.07) is 8.47. The molecule has 1 aromatic rings. The Hall–Kier alpha value is -1.55. The average Bonchev–Trinajstić information content (AvgIpc) is 2.26. The van der Waals surface area contributed by atoms with Gasteiger partial charge >= 0.3 is 5.97 Å². The van der Waals surface area contributed by atoms with E-state index in [4.69, 9.17) is 5.11 Å². The van der Waals surface area contributed by atoms with Gasteiger partial charge in [0.25, 0.3) is 0 Å². The molecule has 0 aliphatic heterocycles. The van der Waals surface area contributed by atoms with Crippen LogP contribution in [-0.4, -0.2) is 30.8 Å². The predicted octanol–water partition coefficient (Wildman–Crippen LogP) is 0.632. The number of benzene rings is 1. The van der Waals surface area contributed by atoms with Crippen molar-refractivity contribution >= 4 is 11.7 Å². The predicted molar refractivity (Wildman–Crippen MR) is 53.0 cm³/mol. The van der Waals surface area contributed by atoms with Crippen LogP contribution < -0.4 is 5.32 Å². The van der Waals surface area contributed by atoms with Gasteiger partial charge in [-0.2, -0.15) is 0 Å². The maximum Gasteiger partial charge on any atom is 0.330 e. The normalized spacial score (nSPS) is 11.9. The van der Waals surface area contributed by atoms with E-state index in [-0.39, 0.29) is 6.61 Å². The van der Waals surface area contributed by atoms with Gasteiger partial charge in [0.1, 0.15) is 6.04 Å². The van der Waals surface area contributed by atoms with Gasteiger partial charge in [0.15, 0.2) is 0 Å². The molecule has 4 nitrogen and oxygen atoms in total. The summed E-state index contributed by atoms with van der Waals surface area (Å²) in [7, 11) is 1.29. The molecule has 0 aliphatic carbocycles. The van der Waals surface area contributed by atoms with Crippen LogP contribution in [0.5, 0.6) is 0 Å². The Bertz CT molecular complexity index is 287. The van der Waals surface area contributed by atoms with E-state index in [0.29, 0.717) is 0 Å². The van der Waals surface area contributed by atoms with Gasteiger partial charge in [-0.25, -0.2) is 4.79 Å². The van der Waals surface area contributed by atoms with Crippen LogP contribution in [0.15, 0.2) is 30.3 Å². The number of carbonyl (C=O) groups excluding carboxylic acids is 1. The molecule has 0 fully saturated rings. The van der Waals surface area contributed by atoms with E-state index >= 15 is 0 Å². The maximum atomic E-state index is 11.1. The second-order valence-corrected chi connectivity index (χ2v) is 2.77. The number of esters is 1. The molecular weight excluding hydrogens is 182 g/mol. The molecule has 0 aliphatic rings. The third-order valence-corrected chi connectivity index (χ3v) is 1.78. The summed E-state index contributed by atoms with van der Waals surface area (Å²) < 4.78 is 4.51. The van der Waals surface area contributed by atoms with Crippen molar-refractivity contribution in [2.75, 3.05) is 19.0 Å². The number of hydrogen-bond acceptors (Lipinski definition) is 4. The lowest BCUT2D eigenvalue weighted by Crippen LogP contribution is -2.33. The summed E-state index contributed by atoms with van der Waals surface area (Å²) in [5.74, 6) is -0.476. The average molecular weight is 195 g/mol. The van der Waals surface area contributed by atoms with Gasteiger partial charge in [-0.1, -0.05) is 18.2 Å². The standard InChI is InChI=1S/C10H13NO3/c1-14-10(13)9(7-12)11-8-5-3-2-4-6-8/h2-6,9,11-12H,7H2,1H3/t9-/m1/s1. The van der Waals surface area contributed by atoms with Crippen LogP contribution in [0, 0.1) is 0 Å². The van der Waals surface area contributed by atoms with Gasteiger partial charge in [-0.05, 0) is 12.1 Å². The van der Waals surface area contributed by atoms with E-state index in [0.717, 1.165) is 5.69 Å². The summed E-state index contributed by atoms with van der Waals surface area (Å²) in [6.07, 6.45) is 0. The maximum absolute atomic E-state index is 11.1. The van der Waals surface area contributed by atoms with E-state index in [9.17, 15) is 4.79 Å². The summed E-state index contributed by atoms with van der Waals surface area (Å²) in [4.78, 5) is 11.1. The molecule has 0 saturated heterocycles. The smallest absolute Gasteiger partial charge is 0.330 e. The van der Waals surface area contributed by atoms with Crippen molar-refractivity contribution in [3.05, 3.63) is 30.3 Å². The van der Waals surface area contributed by atoms with Crippen molar-refractivity contribution in [1.82, 2.24) is 0 Å². The van der Waals surface area contributed by atoms with Gasteiger partial charge in [-0.3, -0.25) is 0 Å². The van der Waals surface area contributed by atoms with Crippen molar-refractivity contribution in [3.63, 3.8) is 0 Å². The zero-order valence-electron chi connectivity index (χ0n) is 7.93. The molecule has 1 aromatic carbocycles. The van der Waals surface area contributed by atoms with Gasteiger partial charge in [0.2, 0.25) is 0 Å². The van der Waals surface area contributed by atoms with Crippen LogP contribution in [0.3, 0.4) is 0 Å². The van der Waals surface area contributed by atoms with Gasteiger partial charge in [0, 0.05) is 5.69 Å². The first-order chi connectivity index (χ1) is 6.77. The molecule has 0 bridgehead atoms. The minimum atomic E-state index is -0.706. The minimum Gasteiger partial charge on any atom is -0.467 e. The number of methoxy groups -OCH3 is 1. The largest absolute Gasteiger partial charge is 0.467 e. The Labute approximate surface area is 82.5 Å². The molecule has 1 atom stereocenters. The van der Waals surface area contributed by atoms with E-state index in [1.165, 1.54) is 7.11 Å². The molecule has 0 saturated carbocycles. The quantitative estimate of drug-likeness (QED) is 0.692. The molecule has 0 radical (unpaired) electrons. The Balaban J connectivity index is 2.62. The Kier molecular flexibility index (Phi) is 3.94. The van der Waals surface area contributed by atoms with Crippen molar-refractivity contribution < 1.29 is 14.6 Å². The highest BCUT2D eigenvalue weighted by Crippen LogP contribution is 2.07. The fraction of sp³-hybridized carbons (Fsp3) is 0.300. The summed E-state index contributed by atoms with van der Waals surface area (Å²) in [6.45, 7) is -0.290. The molecule has 0 heterocycles. The first-order valence-corrected chi connectivity index (χ1v) is 4.28. The molecule has 14 heavy (non-hydrogen) atoms. The van der Waals surface area contributed by atoms with Crippen LogP contribution >= 0.6 is 0 Å². The fourth-order valence-corrected chi connectivity index (χ4v) is 1.06. The lowest BCUT2D eigenvalue weighted by atomic mass is 10.2. The highest BCUT2D eigenvalue weighted by molar-refractivity contribution is 5.79. The number of anilines is 1. The van der Waals surface area contributed by atoms with Crippen LogP contribution in [0.25, 0.3) is 0 Å². The number of carbonyl (C=O) groups is 1. The first kappa shape index (κ1) is 10.5. The van der Waals surface area contributed by atoms with Crippen molar-refractivity contribution in [3.8, 4) is 0 Å². The molecule has 0 unspecified atom stereocenters. The number of aliphatic hydroxyl groups is 1. The molecule has 0 spiro atoms. The zero-order chi connectivity index (χ0) is 10.4. The van der Waals surface area contributed by atoms with Crippen molar-refractivity contribution in [1.29, 1.82) is 0 Å². The van der Waals surface area contributed by atoms with Crippen molar-refractivity contribution in [2.45, 2.75) is 6.04 Å². The van der Waals surface area contributed by atoms with Gasteiger partial charge < -0.3 is 15.2 Å². The second-order valence-electron chi connectivity index (χ2n) is 2.77. The van der Waals surface area contributed by atoms with Crippen LogP contribution in [0.4, 0.5) is 5.69 Å². The Morgan fingerprint density at radius 3 is 2.64 bits per heavy atom. The van der Waals surface area contributed by atoms with Gasteiger partial charge in [-0.15, -0.1) is 0 Å². The van der Waals surface area contributed by atoms with Crippen molar-refractivity contribution in [2.24, 2.45) is 0 Å². The summed E-state index contributed by atoms with van der Waals surface area (Å²) >= 11 is 0. The number of hydrogen-bond donors (Lipinski definition) is 2. The molecule has 4 heteroatoms. The highest BCUT2D eigenvalue weighted by atomic mass is 16.5. The Morgan fingerprint density at radius 1 is 1.50 bits per heavy atom. The third-order valence-electron chi connectivity index (χ3n) is 1.78. The van der Waals surface area contributed by atoms with Crippen LogP contribution in [0.2, 0.25) is 0 Å². The zero-order valence-corrected chi connectivity index (χ0v) is 7.93. The van der Waals surface area contributed by atoms with Crippen LogP contribution in [0.1, 0.15) is 0 Å². The molecule has 2 N–H and O–H groups in total. The van der Waals surface area contributed by atoms with Crippen LogP contribution in [-0.2, 0) is 9.53 Å². The first-order valence-electron chi connectivity index (χ1n) is 4.28. The van der Waals surface area contributed by atoms with E-state index in [2.05, 4.69) is 10.1 Å². The second kappa shape index (κ2) is 5.24. The number of para-hydroxylation sites is 1. The van der Waals surface area contributed by atoms with E-state index in [1.54, 1.807) is 0 Å². The molecule has 0 amide bonds. The van der Waals surface area contributed by atoms with Gasteiger partial charge in [0.05, 0.1) is 13.7 Å². The number of ether oxygens (including phenoxy) is 1. The monoisotopic (exact) mass is 195 g/mol. The lowest BCUT2D eigenvalue weighted by Gasteiger charge is -2.14. The molecule has 76 valence electrons. The SMILES string of the molecule is COC(=O)[C@@H](CO)Nc1ccccc1. The van der Waals surface area contributed by atoms with E-state index < -0.39 is 12.0 Å². The fourth-order valence-electron chi connectivity index (χ4n) is 1.06. The topological polar surface area (TPSA) is 58.6 Å². The number of rotatable bonds is 4. The summed E-state index contributed by atoms with van der Waals surface area (Å²) in [5, 5.41) is 11.8. The van der Waals surface area contributed by atoms with E-state index in [1.807, 2.05) is 30.3 Å². The lowest BCUT2D eigenvalue weighted by molar-refractivity contribution is -0.142. The summed E-state index contributed by atoms with van der Waals surface area (Å²) in [5.41, 5.74) is 0.775. The minimum absolute atomic E-state index is 0.290.